The number of aliphatic hydroxyl groups excluding tert-OH is 2. The minimum Gasteiger partial charge on any atom is -0.491 e. The Hall–Kier alpha value is -3.15. The lowest BCUT2D eigenvalue weighted by atomic mass is 9.70. The zero-order valence-electron chi connectivity index (χ0n) is 26.4. The van der Waals surface area contributed by atoms with E-state index in [1.165, 1.54) is 16.7 Å². The SMILES string of the molecule is CCC(CC)(c1ccc(OCC(=O)C(C)(C)CCCCc2ccccc2)c(C)c1)c1ccc(OC[C@@H](O)CO)c(C)c1. The molecule has 2 N–H and O–H groups in total. The molecule has 0 saturated carbocycles. The molecule has 5 nitrogen and oxygen atoms in total. The van der Waals surface area contributed by atoms with E-state index in [2.05, 4.69) is 62.4 Å². The summed E-state index contributed by atoms with van der Waals surface area (Å²) in [6.45, 7) is 12.3. The van der Waals surface area contributed by atoms with Crippen LogP contribution in [0, 0.1) is 19.3 Å². The second-order valence-corrected chi connectivity index (χ2v) is 12.2. The Morgan fingerprint density at radius 3 is 1.93 bits per heavy atom. The van der Waals surface area contributed by atoms with Crippen LogP contribution >= 0.6 is 0 Å². The van der Waals surface area contributed by atoms with Gasteiger partial charge in [-0.1, -0.05) is 88.7 Å². The molecule has 3 aromatic rings. The second-order valence-electron chi connectivity index (χ2n) is 12.2. The summed E-state index contributed by atoms with van der Waals surface area (Å²) in [7, 11) is 0. The number of carbonyl (C=O) groups excluding carboxylic acids is 1. The van der Waals surface area contributed by atoms with Gasteiger partial charge in [-0.05, 0) is 85.9 Å². The maximum absolute atomic E-state index is 13.1. The Morgan fingerprint density at radius 1 is 0.833 bits per heavy atom. The van der Waals surface area contributed by atoms with Gasteiger partial charge in [-0.3, -0.25) is 4.79 Å². The molecule has 5 heteroatoms. The minimum atomic E-state index is -0.899. The number of benzene rings is 3. The number of aryl methyl sites for hydroxylation is 3. The molecule has 0 aliphatic carbocycles. The second kappa shape index (κ2) is 15.4. The highest BCUT2D eigenvalue weighted by Crippen LogP contribution is 2.41. The molecular formula is C37H50O5. The molecule has 0 radical (unpaired) electrons. The maximum atomic E-state index is 13.1. The number of Topliss-reactive ketones (excluding diaryl/α,β-unsaturated/α-hetero) is 1. The van der Waals surface area contributed by atoms with Crippen molar-refractivity contribution >= 4 is 5.78 Å². The smallest absolute Gasteiger partial charge is 0.175 e. The van der Waals surface area contributed by atoms with E-state index in [0.717, 1.165) is 55.4 Å². The Bertz CT molecular complexity index is 1280. The van der Waals surface area contributed by atoms with Gasteiger partial charge in [-0.15, -0.1) is 0 Å². The molecule has 0 aliphatic heterocycles. The topological polar surface area (TPSA) is 76.0 Å². The van der Waals surface area contributed by atoms with E-state index in [4.69, 9.17) is 14.6 Å². The van der Waals surface area contributed by atoms with Gasteiger partial charge in [-0.2, -0.15) is 0 Å². The van der Waals surface area contributed by atoms with Crippen LogP contribution in [-0.2, 0) is 16.6 Å². The van der Waals surface area contributed by atoms with Crippen LogP contribution in [0.3, 0.4) is 0 Å². The average Bonchev–Trinajstić information content (AvgIpc) is 2.99. The van der Waals surface area contributed by atoms with Gasteiger partial charge in [0.15, 0.2) is 5.78 Å². The molecule has 0 amide bonds. The van der Waals surface area contributed by atoms with E-state index in [1.54, 1.807) is 0 Å². The van der Waals surface area contributed by atoms with Crippen LogP contribution in [0.5, 0.6) is 11.5 Å². The van der Waals surface area contributed by atoms with Gasteiger partial charge in [0.05, 0.1) is 6.61 Å². The third kappa shape index (κ3) is 8.45. The first-order chi connectivity index (χ1) is 20.1. The Labute approximate surface area is 252 Å². The number of hydrogen-bond donors (Lipinski definition) is 2. The predicted octanol–water partition coefficient (Wildman–Crippen LogP) is 7.53. The van der Waals surface area contributed by atoms with Crippen LogP contribution in [0.1, 0.15) is 87.6 Å². The van der Waals surface area contributed by atoms with Gasteiger partial charge >= 0.3 is 0 Å². The summed E-state index contributed by atoms with van der Waals surface area (Å²) in [5, 5.41) is 18.7. The molecule has 42 heavy (non-hydrogen) atoms. The number of rotatable bonds is 17. The first-order valence-electron chi connectivity index (χ1n) is 15.4. The van der Waals surface area contributed by atoms with Gasteiger partial charge in [0.25, 0.3) is 0 Å². The number of ketones is 1. The van der Waals surface area contributed by atoms with Crippen molar-refractivity contribution in [2.75, 3.05) is 19.8 Å². The third-order valence-electron chi connectivity index (χ3n) is 8.78. The standard InChI is InChI=1S/C37H50O5/c1-7-37(8-2,30-17-19-33(27(3)22-30)41-25-32(39)24-38)31-18-20-34(28(4)23-31)42-26-35(40)36(5,6)21-13-12-16-29-14-10-9-11-15-29/h9-11,14-15,17-20,22-23,32,38-39H,7-8,12-13,16,21,24-26H2,1-6H3/t32-/m0/s1. The molecule has 0 fully saturated rings. The van der Waals surface area contributed by atoms with Crippen molar-refractivity contribution in [3.63, 3.8) is 0 Å². The van der Waals surface area contributed by atoms with Gasteiger partial charge in [0.1, 0.15) is 30.8 Å². The Balaban J connectivity index is 1.65. The highest BCUT2D eigenvalue weighted by Gasteiger charge is 2.32. The van der Waals surface area contributed by atoms with E-state index < -0.39 is 11.5 Å². The van der Waals surface area contributed by atoms with E-state index in [1.807, 2.05) is 45.9 Å². The maximum Gasteiger partial charge on any atom is 0.175 e. The molecule has 0 saturated heterocycles. The lowest BCUT2D eigenvalue weighted by molar-refractivity contribution is -0.129. The van der Waals surface area contributed by atoms with E-state index in [0.29, 0.717) is 5.75 Å². The van der Waals surface area contributed by atoms with Crippen LogP contribution in [0.15, 0.2) is 66.7 Å². The lowest BCUT2D eigenvalue weighted by Gasteiger charge is -2.34. The Morgan fingerprint density at radius 2 is 1.40 bits per heavy atom. The fourth-order valence-electron chi connectivity index (χ4n) is 5.71. The fraction of sp³-hybridized carbons (Fsp3) is 0.486. The summed E-state index contributed by atoms with van der Waals surface area (Å²) < 4.78 is 11.8. The average molecular weight is 575 g/mol. The molecule has 0 bridgehead atoms. The van der Waals surface area contributed by atoms with Crippen molar-refractivity contribution in [1.82, 2.24) is 0 Å². The normalized spacial score (nSPS) is 12.7. The molecule has 0 unspecified atom stereocenters. The molecule has 1 atom stereocenters. The summed E-state index contributed by atoms with van der Waals surface area (Å²) >= 11 is 0. The summed E-state index contributed by atoms with van der Waals surface area (Å²) in [5.74, 6) is 1.58. The highest BCUT2D eigenvalue weighted by molar-refractivity contribution is 5.85. The van der Waals surface area contributed by atoms with Crippen molar-refractivity contribution < 1.29 is 24.5 Å². The number of hydrogen-bond acceptors (Lipinski definition) is 5. The van der Waals surface area contributed by atoms with Gasteiger partial charge in [0.2, 0.25) is 0 Å². The highest BCUT2D eigenvalue weighted by atomic mass is 16.5. The first-order valence-corrected chi connectivity index (χ1v) is 15.4. The molecular weight excluding hydrogens is 524 g/mol. The number of aliphatic hydroxyl groups is 2. The zero-order valence-corrected chi connectivity index (χ0v) is 26.4. The quantitative estimate of drug-likeness (QED) is 0.163. The van der Waals surface area contributed by atoms with Crippen LogP contribution in [0.25, 0.3) is 0 Å². The van der Waals surface area contributed by atoms with Gasteiger partial charge in [-0.25, -0.2) is 0 Å². The molecule has 0 spiro atoms. The van der Waals surface area contributed by atoms with E-state index in [9.17, 15) is 9.90 Å². The third-order valence-corrected chi connectivity index (χ3v) is 8.78. The molecule has 0 aliphatic rings. The summed E-state index contributed by atoms with van der Waals surface area (Å²) in [5.41, 5.74) is 5.16. The number of ether oxygens (including phenoxy) is 2. The van der Waals surface area contributed by atoms with Crippen LogP contribution in [0.2, 0.25) is 0 Å². The lowest BCUT2D eigenvalue weighted by Crippen LogP contribution is -2.29. The van der Waals surface area contributed by atoms with Crippen molar-refractivity contribution in [3.05, 3.63) is 94.5 Å². The van der Waals surface area contributed by atoms with Crippen molar-refractivity contribution in [2.24, 2.45) is 5.41 Å². The zero-order chi connectivity index (χ0) is 30.8. The van der Waals surface area contributed by atoms with Crippen LogP contribution < -0.4 is 9.47 Å². The van der Waals surface area contributed by atoms with Crippen molar-refractivity contribution in [1.29, 1.82) is 0 Å². The molecule has 0 aromatic heterocycles. The monoisotopic (exact) mass is 574 g/mol. The first kappa shape index (κ1) is 33.4. The molecule has 0 heterocycles. The van der Waals surface area contributed by atoms with Crippen LogP contribution in [-0.4, -0.2) is 41.9 Å². The summed E-state index contributed by atoms with van der Waals surface area (Å²) in [6.07, 6.45) is 4.91. The number of unbranched alkanes of at least 4 members (excludes halogenated alkanes) is 1. The Kier molecular flexibility index (Phi) is 12.2. The van der Waals surface area contributed by atoms with E-state index >= 15 is 0 Å². The number of carbonyl (C=O) groups is 1. The summed E-state index contributed by atoms with van der Waals surface area (Å²) in [6, 6.07) is 23.0. The fourth-order valence-corrected chi connectivity index (χ4v) is 5.71. The molecule has 3 rings (SSSR count). The van der Waals surface area contributed by atoms with Crippen LogP contribution in [0.4, 0.5) is 0 Å². The summed E-state index contributed by atoms with van der Waals surface area (Å²) in [4.78, 5) is 13.1. The van der Waals surface area contributed by atoms with Gasteiger partial charge in [0, 0.05) is 10.8 Å². The van der Waals surface area contributed by atoms with Crippen molar-refractivity contribution in [2.45, 2.75) is 91.6 Å². The molecule has 228 valence electrons. The molecule has 3 aromatic carbocycles. The minimum absolute atomic E-state index is 0.0536. The predicted molar refractivity (Wildman–Crippen MR) is 171 cm³/mol. The van der Waals surface area contributed by atoms with E-state index in [-0.39, 0.29) is 31.0 Å². The van der Waals surface area contributed by atoms with Gasteiger partial charge < -0.3 is 19.7 Å². The van der Waals surface area contributed by atoms with Crippen molar-refractivity contribution in [3.8, 4) is 11.5 Å². The largest absolute Gasteiger partial charge is 0.491 e.